The number of aromatic nitrogens is 2. The van der Waals surface area contributed by atoms with E-state index in [1.54, 1.807) is 42.9 Å². The molecule has 3 aromatic rings. The highest BCUT2D eigenvalue weighted by Crippen LogP contribution is 2.23. The van der Waals surface area contributed by atoms with Crippen molar-refractivity contribution in [1.29, 1.82) is 0 Å². The van der Waals surface area contributed by atoms with Gasteiger partial charge in [-0.25, -0.2) is 4.79 Å². The third-order valence-corrected chi connectivity index (χ3v) is 4.46. The second-order valence-electron chi connectivity index (χ2n) is 6.65. The van der Waals surface area contributed by atoms with Gasteiger partial charge in [0.05, 0.1) is 22.6 Å². The standard InChI is InChI=1S/C22H23N3O4/c1-14-20(15(2)25(4)24-14)23-21(26)16(3)28-22(27)17-9-8-12-19(13-17)29-18-10-6-5-7-11-18/h5-13,16H,1-4H3,(H,23,26)/t16-/m0/s1. The van der Waals surface area contributed by atoms with Gasteiger partial charge >= 0.3 is 5.97 Å². The summed E-state index contributed by atoms with van der Waals surface area (Å²) in [5.74, 6) is 0.136. The molecule has 1 amide bonds. The molecule has 0 spiro atoms. The topological polar surface area (TPSA) is 82.5 Å². The molecule has 0 bridgehead atoms. The van der Waals surface area contributed by atoms with E-state index in [9.17, 15) is 9.59 Å². The number of benzene rings is 2. The third kappa shape index (κ3) is 4.82. The van der Waals surface area contributed by atoms with Gasteiger partial charge < -0.3 is 14.8 Å². The molecule has 1 atom stereocenters. The van der Waals surface area contributed by atoms with E-state index >= 15 is 0 Å². The van der Waals surface area contributed by atoms with Crippen molar-refractivity contribution in [3.05, 3.63) is 71.5 Å². The van der Waals surface area contributed by atoms with Crippen molar-refractivity contribution < 1.29 is 19.1 Å². The minimum atomic E-state index is -0.972. The molecule has 0 aliphatic heterocycles. The predicted octanol–water partition coefficient (Wildman–Crippen LogP) is 4.01. The second kappa shape index (κ2) is 8.60. The molecule has 3 rings (SSSR count). The third-order valence-electron chi connectivity index (χ3n) is 4.46. The molecule has 0 unspecified atom stereocenters. The lowest BCUT2D eigenvalue weighted by Gasteiger charge is -2.14. The van der Waals surface area contributed by atoms with Crippen LogP contribution in [-0.2, 0) is 16.6 Å². The van der Waals surface area contributed by atoms with Crippen molar-refractivity contribution in [2.24, 2.45) is 7.05 Å². The van der Waals surface area contributed by atoms with Crippen LogP contribution in [0.1, 0.15) is 28.7 Å². The number of esters is 1. The first-order valence-corrected chi connectivity index (χ1v) is 9.20. The number of anilines is 1. The van der Waals surface area contributed by atoms with Crippen LogP contribution in [0, 0.1) is 13.8 Å². The van der Waals surface area contributed by atoms with E-state index < -0.39 is 18.0 Å². The highest BCUT2D eigenvalue weighted by Gasteiger charge is 2.22. The first-order chi connectivity index (χ1) is 13.8. The SMILES string of the molecule is Cc1nn(C)c(C)c1NC(=O)[C@H](C)OC(=O)c1cccc(Oc2ccccc2)c1. The number of hydrogen-bond acceptors (Lipinski definition) is 5. The van der Waals surface area contributed by atoms with Crippen molar-refractivity contribution >= 4 is 17.6 Å². The maximum absolute atomic E-state index is 12.5. The minimum absolute atomic E-state index is 0.298. The Bertz CT molecular complexity index is 1030. The van der Waals surface area contributed by atoms with Crippen molar-refractivity contribution in [2.45, 2.75) is 26.9 Å². The Balaban J connectivity index is 1.64. The van der Waals surface area contributed by atoms with E-state index in [1.165, 1.54) is 6.92 Å². The monoisotopic (exact) mass is 393 g/mol. The number of amides is 1. The molecule has 7 heteroatoms. The summed E-state index contributed by atoms with van der Waals surface area (Å²) in [7, 11) is 1.80. The zero-order valence-electron chi connectivity index (χ0n) is 16.8. The molecule has 0 aliphatic carbocycles. The number of aryl methyl sites for hydroxylation is 2. The zero-order valence-corrected chi connectivity index (χ0v) is 16.8. The van der Waals surface area contributed by atoms with Gasteiger partial charge in [-0.2, -0.15) is 5.10 Å². The number of nitrogens with zero attached hydrogens (tertiary/aromatic N) is 2. The molecule has 29 heavy (non-hydrogen) atoms. The summed E-state index contributed by atoms with van der Waals surface area (Å²) in [6, 6.07) is 15.9. The Kier molecular flexibility index (Phi) is 5.97. The van der Waals surface area contributed by atoms with E-state index in [-0.39, 0.29) is 0 Å². The fraction of sp³-hybridized carbons (Fsp3) is 0.227. The first kappa shape index (κ1) is 20.1. The van der Waals surface area contributed by atoms with Crippen molar-refractivity contribution in [1.82, 2.24) is 9.78 Å². The van der Waals surface area contributed by atoms with E-state index in [2.05, 4.69) is 10.4 Å². The normalized spacial score (nSPS) is 11.6. The van der Waals surface area contributed by atoms with Gasteiger partial charge in [-0.05, 0) is 51.1 Å². The molecule has 0 radical (unpaired) electrons. The molecule has 1 aromatic heterocycles. The lowest BCUT2D eigenvalue weighted by molar-refractivity contribution is -0.123. The van der Waals surface area contributed by atoms with Crippen LogP contribution in [0.25, 0.3) is 0 Å². The smallest absolute Gasteiger partial charge is 0.339 e. The molecule has 150 valence electrons. The number of para-hydroxylation sites is 1. The van der Waals surface area contributed by atoms with Crippen LogP contribution in [0.2, 0.25) is 0 Å². The lowest BCUT2D eigenvalue weighted by Crippen LogP contribution is -2.30. The number of hydrogen-bond donors (Lipinski definition) is 1. The molecule has 2 aromatic carbocycles. The summed E-state index contributed by atoms with van der Waals surface area (Å²) in [6.45, 7) is 5.18. The first-order valence-electron chi connectivity index (χ1n) is 9.20. The molecular weight excluding hydrogens is 370 g/mol. The van der Waals surface area contributed by atoms with E-state index in [4.69, 9.17) is 9.47 Å². The van der Waals surface area contributed by atoms with Crippen LogP contribution in [0.5, 0.6) is 11.5 Å². The second-order valence-corrected chi connectivity index (χ2v) is 6.65. The summed E-state index contributed by atoms with van der Waals surface area (Å²) in [5, 5.41) is 7.03. The Morgan fingerprint density at radius 1 is 1.03 bits per heavy atom. The van der Waals surface area contributed by atoms with Gasteiger partial charge in [-0.3, -0.25) is 9.48 Å². The number of carbonyl (C=O) groups excluding carboxylic acids is 2. The maximum Gasteiger partial charge on any atom is 0.339 e. The molecule has 0 fully saturated rings. The van der Waals surface area contributed by atoms with Crippen LogP contribution in [0.3, 0.4) is 0 Å². The minimum Gasteiger partial charge on any atom is -0.457 e. The van der Waals surface area contributed by atoms with E-state index in [0.29, 0.717) is 28.4 Å². The summed E-state index contributed by atoms with van der Waals surface area (Å²) < 4.78 is 12.7. The zero-order chi connectivity index (χ0) is 21.0. The molecular formula is C22H23N3O4. The van der Waals surface area contributed by atoms with Crippen LogP contribution in [0.4, 0.5) is 5.69 Å². The maximum atomic E-state index is 12.5. The van der Waals surface area contributed by atoms with Crippen LogP contribution < -0.4 is 10.1 Å². The summed E-state index contributed by atoms with van der Waals surface area (Å²) in [4.78, 5) is 24.9. The number of rotatable bonds is 6. The fourth-order valence-corrected chi connectivity index (χ4v) is 2.77. The average Bonchev–Trinajstić information content (AvgIpc) is 2.95. The molecule has 1 heterocycles. The average molecular weight is 393 g/mol. The highest BCUT2D eigenvalue weighted by atomic mass is 16.5. The summed E-state index contributed by atoms with van der Waals surface area (Å²) >= 11 is 0. The van der Waals surface area contributed by atoms with Crippen LogP contribution >= 0.6 is 0 Å². The van der Waals surface area contributed by atoms with Gasteiger partial charge in [0.2, 0.25) is 0 Å². The van der Waals surface area contributed by atoms with Crippen molar-refractivity contribution in [3.8, 4) is 11.5 Å². The van der Waals surface area contributed by atoms with Crippen molar-refractivity contribution in [2.75, 3.05) is 5.32 Å². The predicted molar refractivity (Wildman–Crippen MR) is 109 cm³/mol. The highest BCUT2D eigenvalue weighted by molar-refractivity contribution is 5.98. The van der Waals surface area contributed by atoms with Gasteiger partial charge in [0.25, 0.3) is 5.91 Å². The van der Waals surface area contributed by atoms with Crippen LogP contribution in [-0.4, -0.2) is 27.8 Å². The van der Waals surface area contributed by atoms with Gasteiger partial charge in [0.15, 0.2) is 6.10 Å². The van der Waals surface area contributed by atoms with E-state index in [0.717, 1.165) is 5.69 Å². The van der Waals surface area contributed by atoms with Crippen molar-refractivity contribution in [3.63, 3.8) is 0 Å². The van der Waals surface area contributed by atoms with Gasteiger partial charge in [-0.1, -0.05) is 24.3 Å². The molecule has 0 saturated heterocycles. The molecule has 1 N–H and O–H groups in total. The summed E-state index contributed by atoms with van der Waals surface area (Å²) in [6.07, 6.45) is -0.972. The number of ether oxygens (including phenoxy) is 2. The Morgan fingerprint density at radius 2 is 1.72 bits per heavy atom. The fourth-order valence-electron chi connectivity index (χ4n) is 2.77. The largest absolute Gasteiger partial charge is 0.457 e. The Labute approximate surface area is 169 Å². The number of carbonyl (C=O) groups is 2. The molecule has 7 nitrogen and oxygen atoms in total. The Hall–Kier alpha value is -3.61. The Morgan fingerprint density at radius 3 is 2.38 bits per heavy atom. The lowest BCUT2D eigenvalue weighted by atomic mass is 10.2. The summed E-state index contributed by atoms with van der Waals surface area (Å²) in [5.41, 5.74) is 2.44. The van der Waals surface area contributed by atoms with Gasteiger partial charge in [0.1, 0.15) is 11.5 Å². The quantitative estimate of drug-likeness (QED) is 0.640. The molecule has 0 saturated carbocycles. The van der Waals surface area contributed by atoms with Gasteiger partial charge in [-0.15, -0.1) is 0 Å². The van der Waals surface area contributed by atoms with Crippen LogP contribution in [0.15, 0.2) is 54.6 Å². The van der Waals surface area contributed by atoms with Gasteiger partial charge in [0, 0.05) is 7.05 Å². The van der Waals surface area contributed by atoms with E-state index in [1.807, 2.05) is 37.3 Å². The molecule has 0 aliphatic rings. The number of nitrogens with one attached hydrogen (secondary N) is 1.